The Hall–Kier alpha value is -1.84. The third-order valence-corrected chi connectivity index (χ3v) is 3.59. The molecule has 1 aromatic carbocycles. The van der Waals surface area contributed by atoms with Gasteiger partial charge in [0.2, 0.25) is 12.2 Å². The Kier molecular flexibility index (Phi) is 2.69. The van der Waals surface area contributed by atoms with Gasteiger partial charge in [-0.15, -0.1) is 0 Å². The second kappa shape index (κ2) is 3.83. The van der Waals surface area contributed by atoms with Gasteiger partial charge in [-0.2, -0.15) is 0 Å². The van der Waals surface area contributed by atoms with E-state index < -0.39 is 5.60 Å². The Labute approximate surface area is 106 Å². The predicted octanol–water partition coefficient (Wildman–Crippen LogP) is 2.53. The average molecular weight is 247 g/mol. The van der Waals surface area contributed by atoms with E-state index in [0.717, 1.165) is 22.4 Å². The first-order valence-electron chi connectivity index (χ1n) is 5.89. The lowest BCUT2D eigenvalue weighted by Crippen LogP contribution is -2.32. The number of nitrogens with one attached hydrogen (secondary N) is 1. The zero-order valence-electron chi connectivity index (χ0n) is 11.3. The van der Waals surface area contributed by atoms with Crippen LogP contribution in [0.4, 0.5) is 5.69 Å². The van der Waals surface area contributed by atoms with Gasteiger partial charge in [-0.25, -0.2) is 0 Å². The summed E-state index contributed by atoms with van der Waals surface area (Å²) in [6, 6.07) is 0. The number of hydrogen-bond donors (Lipinski definition) is 1. The lowest BCUT2D eigenvalue weighted by atomic mass is 9.91. The Bertz CT molecular complexity index is 559. The summed E-state index contributed by atoms with van der Waals surface area (Å²) in [5.41, 5.74) is 3.13. The lowest BCUT2D eigenvalue weighted by molar-refractivity contribution is -0.105. The van der Waals surface area contributed by atoms with E-state index in [1.165, 1.54) is 0 Å². The number of Topliss-reactive ketones (excluding diaryl/α,β-unsaturated/α-hetero) is 1. The Balaban J connectivity index is 2.76. The fourth-order valence-corrected chi connectivity index (χ4v) is 2.41. The third-order valence-electron chi connectivity index (χ3n) is 3.59. The molecule has 96 valence electrons. The van der Waals surface area contributed by atoms with Gasteiger partial charge >= 0.3 is 0 Å². The van der Waals surface area contributed by atoms with Crippen LogP contribution in [0.1, 0.15) is 40.9 Å². The normalized spacial score (nSPS) is 16.2. The molecule has 4 nitrogen and oxygen atoms in total. The molecule has 0 fully saturated rings. The Morgan fingerprint density at radius 1 is 1.11 bits per heavy atom. The van der Waals surface area contributed by atoms with Crippen LogP contribution >= 0.6 is 0 Å². The molecule has 0 saturated heterocycles. The van der Waals surface area contributed by atoms with Crippen molar-refractivity contribution in [1.82, 2.24) is 0 Å². The fourth-order valence-electron chi connectivity index (χ4n) is 2.41. The van der Waals surface area contributed by atoms with E-state index >= 15 is 0 Å². The van der Waals surface area contributed by atoms with Gasteiger partial charge in [-0.05, 0) is 45.7 Å². The van der Waals surface area contributed by atoms with Gasteiger partial charge < -0.3 is 10.1 Å². The number of carbonyl (C=O) groups excluding carboxylic acids is 2. The van der Waals surface area contributed by atoms with E-state index in [1.54, 1.807) is 13.8 Å². The van der Waals surface area contributed by atoms with Crippen molar-refractivity contribution in [2.75, 3.05) is 5.32 Å². The summed E-state index contributed by atoms with van der Waals surface area (Å²) < 4.78 is 5.75. The van der Waals surface area contributed by atoms with Gasteiger partial charge in [-0.3, -0.25) is 9.59 Å². The first-order valence-corrected chi connectivity index (χ1v) is 5.89. The molecule has 0 unspecified atom stereocenters. The zero-order valence-corrected chi connectivity index (χ0v) is 11.3. The van der Waals surface area contributed by atoms with Gasteiger partial charge in [0.15, 0.2) is 5.60 Å². The summed E-state index contributed by atoms with van der Waals surface area (Å²) in [5, 5.41) is 2.68. The monoisotopic (exact) mass is 247 g/mol. The topological polar surface area (TPSA) is 55.4 Å². The first kappa shape index (κ1) is 12.6. The van der Waals surface area contributed by atoms with Crippen LogP contribution in [0.5, 0.6) is 5.75 Å². The number of ether oxygens (including phenoxy) is 1. The summed E-state index contributed by atoms with van der Waals surface area (Å²) >= 11 is 0. The fraction of sp³-hybridized carbons (Fsp3) is 0.429. The quantitative estimate of drug-likeness (QED) is 0.817. The molecule has 0 spiro atoms. The second-order valence-electron chi connectivity index (χ2n) is 5.16. The van der Waals surface area contributed by atoms with Crippen LogP contribution in [-0.4, -0.2) is 17.8 Å². The molecule has 1 aliphatic rings. The van der Waals surface area contributed by atoms with Gasteiger partial charge in [0.25, 0.3) is 0 Å². The van der Waals surface area contributed by atoms with Crippen molar-refractivity contribution in [1.29, 1.82) is 0 Å². The molecule has 2 rings (SSSR count). The molecule has 0 aliphatic carbocycles. The highest BCUT2D eigenvalue weighted by molar-refractivity contribution is 6.09. The minimum absolute atomic E-state index is 0.00106. The summed E-state index contributed by atoms with van der Waals surface area (Å²) in [4.78, 5) is 23.0. The number of ketones is 1. The maximum absolute atomic E-state index is 12.3. The largest absolute Gasteiger partial charge is 0.479 e. The summed E-state index contributed by atoms with van der Waals surface area (Å²) in [5.74, 6) is 0.594. The summed E-state index contributed by atoms with van der Waals surface area (Å²) in [6.45, 7) is 9.15. The summed E-state index contributed by atoms with van der Waals surface area (Å²) in [7, 11) is 0. The third kappa shape index (κ3) is 1.52. The van der Waals surface area contributed by atoms with Crippen molar-refractivity contribution < 1.29 is 14.3 Å². The van der Waals surface area contributed by atoms with E-state index in [2.05, 4.69) is 5.32 Å². The van der Waals surface area contributed by atoms with Crippen LogP contribution in [0.25, 0.3) is 0 Å². The van der Waals surface area contributed by atoms with Crippen LogP contribution in [-0.2, 0) is 4.79 Å². The summed E-state index contributed by atoms with van der Waals surface area (Å²) in [6.07, 6.45) is 0.642. The molecular weight excluding hydrogens is 230 g/mol. The van der Waals surface area contributed by atoms with Gasteiger partial charge in [0.05, 0.1) is 11.3 Å². The van der Waals surface area contributed by atoms with E-state index in [1.807, 2.05) is 20.8 Å². The molecule has 1 heterocycles. The number of hydrogen-bond acceptors (Lipinski definition) is 3. The van der Waals surface area contributed by atoms with Crippen LogP contribution in [0.15, 0.2) is 0 Å². The smallest absolute Gasteiger partial charge is 0.211 e. The number of carbonyl (C=O) groups is 2. The number of fused-ring (bicyclic) bond motifs is 1. The van der Waals surface area contributed by atoms with Crippen molar-refractivity contribution in [3.05, 3.63) is 22.3 Å². The highest BCUT2D eigenvalue weighted by Crippen LogP contribution is 2.44. The molecule has 1 N–H and O–H groups in total. The molecule has 0 aromatic heterocycles. The van der Waals surface area contributed by atoms with E-state index in [0.29, 0.717) is 17.7 Å². The molecule has 0 bridgehead atoms. The molecule has 0 atom stereocenters. The highest BCUT2D eigenvalue weighted by Gasteiger charge is 2.42. The van der Waals surface area contributed by atoms with E-state index in [-0.39, 0.29) is 5.78 Å². The molecule has 0 saturated carbocycles. The first-order chi connectivity index (χ1) is 8.31. The van der Waals surface area contributed by atoms with E-state index in [9.17, 15) is 9.59 Å². The molecule has 18 heavy (non-hydrogen) atoms. The number of anilines is 1. The molecule has 0 radical (unpaired) electrons. The molecule has 4 heteroatoms. The van der Waals surface area contributed by atoms with Crippen molar-refractivity contribution >= 4 is 17.9 Å². The second-order valence-corrected chi connectivity index (χ2v) is 5.16. The van der Waals surface area contributed by atoms with Crippen LogP contribution in [0, 0.1) is 20.8 Å². The van der Waals surface area contributed by atoms with Gasteiger partial charge in [-0.1, -0.05) is 0 Å². The molecule has 1 amide bonds. The number of amides is 1. The molecule has 1 aliphatic heterocycles. The molecular formula is C14H17NO3. The van der Waals surface area contributed by atoms with Crippen molar-refractivity contribution in [3.63, 3.8) is 0 Å². The minimum atomic E-state index is -0.829. The Morgan fingerprint density at radius 2 is 1.72 bits per heavy atom. The van der Waals surface area contributed by atoms with Gasteiger partial charge in [0.1, 0.15) is 5.75 Å². The SMILES string of the molecule is Cc1c(C)c2c(c(C)c1NC=O)OC(C)(C)C2=O. The van der Waals surface area contributed by atoms with E-state index in [4.69, 9.17) is 4.74 Å². The van der Waals surface area contributed by atoms with Crippen molar-refractivity contribution in [3.8, 4) is 5.75 Å². The molecule has 1 aromatic rings. The number of rotatable bonds is 2. The Morgan fingerprint density at radius 3 is 2.28 bits per heavy atom. The number of benzene rings is 1. The zero-order chi connectivity index (χ0) is 13.7. The average Bonchev–Trinajstić information content (AvgIpc) is 2.54. The maximum Gasteiger partial charge on any atom is 0.211 e. The van der Waals surface area contributed by atoms with Crippen LogP contribution in [0.2, 0.25) is 0 Å². The standard InChI is InChI=1S/C14H17NO3/c1-7-8(2)11(15-6-16)9(3)12-10(7)13(17)14(4,5)18-12/h6H,1-5H3,(H,15,16). The minimum Gasteiger partial charge on any atom is -0.479 e. The predicted molar refractivity (Wildman–Crippen MR) is 69.4 cm³/mol. The van der Waals surface area contributed by atoms with Crippen LogP contribution in [0.3, 0.4) is 0 Å². The van der Waals surface area contributed by atoms with Crippen LogP contribution < -0.4 is 10.1 Å². The lowest BCUT2D eigenvalue weighted by Gasteiger charge is -2.17. The van der Waals surface area contributed by atoms with Crippen molar-refractivity contribution in [2.45, 2.75) is 40.2 Å². The highest BCUT2D eigenvalue weighted by atomic mass is 16.5. The van der Waals surface area contributed by atoms with Gasteiger partial charge in [0, 0.05) is 5.56 Å². The maximum atomic E-state index is 12.3. The van der Waals surface area contributed by atoms with Crippen molar-refractivity contribution in [2.24, 2.45) is 0 Å².